The zero-order valence-corrected chi connectivity index (χ0v) is 21.4. The number of nitrogens with zero attached hydrogens (tertiary/aromatic N) is 5. The summed E-state index contributed by atoms with van der Waals surface area (Å²) in [5.41, 5.74) is -0.686. The van der Waals surface area contributed by atoms with Gasteiger partial charge in [0.2, 0.25) is 10.6 Å². The van der Waals surface area contributed by atoms with Crippen molar-refractivity contribution < 1.29 is 35.8 Å². The summed E-state index contributed by atoms with van der Waals surface area (Å²) in [6, 6.07) is 8.69. The van der Waals surface area contributed by atoms with Gasteiger partial charge in [-0.15, -0.1) is 5.11 Å². The molecule has 17 heteroatoms. The van der Waals surface area contributed by atoms with Crippen LogP contribution in [0.4, 0.5) is 11.4 Å². The van der Waals surface area contributed by atoms with E-state index in [2.05, 4.69) is 25.2 Å². The predicted octanol–water partition coefficient (Wildman–Crippen LogP) is 4.62. The fourth-order valence-electron chi connectivity index (χ4n) is 3.28. The van der Waals surface area contributed by atoms with Crippen LogP contribution in [0.25, 0.3) is 22.2 Å². The summed E-state index contributed by atoms with van der Waals surface area (Å²) in [6.45, 7) is 0. The molecule has 37 heavy (non-hydrogen) atoms. The van der Waals surface area contributed by atoms with E-state index in [-0.39, 0.29) is 38.4 Å². The maximum Gasteiger partial charge on any atom is 0.296 e. The lowest BCUT2D eigenvalue weighted by molar-refractivity contribution is 0.415. The highest BCUT2D eigenvalue weighted by Gasteiger charge is 2.26. The second-order valence-corrected chi connectivity index (χ2v) is 10.7. The molecule has 13 nitrogen and oxygen atoms in total. The number of azo groups is 1. The molecular formula is C20H13Cl2N5O8S2. The molecule has 0 radical (unpaired) electrons. The first-order valence-corrected chi connectivity index (χ1v) is 13.3. The molecular weight excluding hydrogens is 573 g/mol. The molecule has 0 saturated carbocycles. The van der Waals surface area contributed by atoms with Crippen LogP contribution in [-0.4, -0.2) is 53.1 Å². The van der Waals surface area contributed by atoms with Crippen molar-refractivity contribution in [1.82, 2.24) is 15.0 Å². The predicted molar refractivity (Wildman–Crippen MR) is 131 cm³/mol. The molecule has 0 amide bonds. The Bertz CT molecular complexity index is 1780. The Morgan fingerprint density at radius 1 is 0.865 bits per heavy atom. The number of methoxy groups -OCH3 is 1. The molecule has 0 unspecified atom stereocenters. The number of hydrogen-bond donors (Lipinski definition) is 3. The monoisotopic (exact) mass is 585 g/mol. The average molecular weight is 586 g/mol. The molecule has 1 aromatic heterocycles. The number of fused-ring (bicyclic) bond motifs is 1. The maximum absolute atomic E-state index is 12.2. The molecule has 3 N–H and O–H groups in total. The topological polar surface area (TPSA) is 202 Å². The first kappa shape index (κ1) is 26.6. The Morgan fingerprint density at radius 3 is 2.03 bits per heavy atom. The minimum absolute atomic E-state index is 0.221. The summed E-state index contributed by atoms with van der Waals surface area (Å²) in [5.74, 6) is -0.652. The highest BCUT2D eigenvalue weighted by atomic mass is 35.5. The number of phenols is 1. The van der Waals surface area contributed by atoms with Gasteiger partial charge in [-0.25, -0.2) is 0 Å². The zero-order valence-electron chi connectivity index (χ0n) is 18.2. The van der Waals surface area contributed by atoms with E-state index >= 15 is 0 Å². The number of aromatic hydroxyl groups is 1. The van der Waals surface area contributed by atoms with Crippen molar-refractivity contribution in [2.24, 2.45) is 10.2 Å². The molecule has 4 aromatic rings. The van der Waals surface area contributed by atoms with Gasteiger partial charge in [0.25, 0.3) is 20.2 Å². The number of hydrogen-bond acceptors (Lipinski definition) is 11. The normalized spacial score (nSPS) is 12.4. The minimum atomic E-state index is -5.03. The fraction of sp³-hybridized carbons (Fsp3) is 0.0500. The SMILES string of the molecule is COc1ccc(N=Nc2c(S(=O)(=O)O)cc3cc(S(=O)(=O)O)cc(-c4nc(Cl)nc(Cl)n4)c3c2O)cc1. The van der Waals surface area contributed by atoms with Crippen molar-refractivity contribution in [3.05, 3.63) is 53.0 Å². The number of phenolic OH excluding ortho intramolecular Hbond substituents is 1. The standard InChI is InChI=1S/C20H13Cl2N5O8S2/c1-35-11-4-2-10(3-5-11)26-27-16-14(37(32,33)34)7-9-6-12(36(29,30)31)8-13(15(9)17(16)28)18-23-19(21)25-20(22)24-18/h2-8,28H,1H3,(H,29,30,31)(H,32,33,34). The van der Waals surface area contributed by atoms with Crippen molar-refractivity contribution in [2.75, 3.05) is 7.11 Å². The fourth-order valence-corrected chi connectivity index (χ4v) is 4.85. The third kappa shape index (κ3) is 5.61. The highest BCUT2D eigenvalue weighted by molar-refractivity contribution is 7.86. The molecule has 0 fully saturated rings. The highest BCUT2D eigenvalue weighted by Crippen LogP contribution is 2.45. The Kier molecular flexibility index (Phi) is 7.02. The molecule has 0 saturated heterocycles. The molecule has 3 aromatic carbocycles. The van der Waals surface area contributed by atoms with Gasteiger partial charge in [0, 0.05) is 10.9 Å². The van der Waals surface area contributed by atoms with Crippen molar-refractivity contribution in [2.45, 2.75) is 9.79 Å². The van der Waals surface area contributed by atoms with Crippen LogP contribution in [0.2, 0.25) is 10.6 Å². The largest absolute Gasteiger partial charge is 0.505 e. The van der Waals surface area contributed by atoms with Crippen LogP contribution in [0.1, 0.15) is 0 Å². The lowest BCUT2D eigenvalue weighted by Gasteiger charge is -2.13. The third-order valence-corrected chi connectivity index (χ3v) is 6.90. The molecule has 0 aliphatic carbocycles. The number of ether oxygens (including phenoxy) is 1. The van der Waals surface area contributed by atoms with E-state index in [9.17, 15) is 31.0 Å². The molecule has 1 heterocycles. The van der Waals surface area contributed by atoms with Gasteiger partial charge in [0.15, 0.2) is 11.6 Å². The van der Waals surface area contributed by atoms with Gasteiger partial charge in [-0.05, 0) is 71.1 Å². The quantitative estimate of drug-likeness (QED) is 0.210. The second-order valence-electron chi connectivity index (χ2n) is 7.19. The van der Waals surface area contributed by atoms with Crippen LogP contribution >= 0.6 is 23.2 Å². The van der Waals surface area contributed by atoms with Crippen LogP contribution in [0, 0.1) is 0 Å². The number of benzene rings is 3. The maximum atomic E-state index is 12.2. The van der Waals surface area contributed by atoms with E-state index in [1.165, 1.54) is 19.2 Å². The summed E-state index contributed by atoms with van der Waals surface area (Å²) in [5, 5.41) is 17.6. The smallest absolute Gasteiger partial charge is 0.296 e. The molecule has 0 aliphatic heterocycles. The minimum Gasteiger partial charge on any atom is -0.505 e. The summed E-state index contributed by atoms with van der Waals surface area (Å²) >= 11 is 11.7. The van der Waals surface area contributed by atoms with Gasteiger partial charge in [-0.1, -0.05) is 0 Å². The van der Waals surface area contributed by atoms with E-state index in [0.29, 0.717) is 5.75 Å². The molecule has 0 spiro atoms. The van der Waals surface area contributed by atoms with Crippen molar-refractivity contribution in [3.63, 3.8) is 0 Å². The Morgan fingerprint density at radius 2 is 1.49 bits per heavy atom. The van der Waals surface area contributed by atoms with Crippen LogP contribution in [0.3, 0.4) is 0 Å². The summed E-state index contributed by atoms with van der Waals surface area (Å²) in [7, 11) is -8.42. The summed E-state index contributed by atoms with van der Waals surface area (Å²) < 4.78 is 72.6. The lowest BCUT2D eigenvalue weighted by atomic mass is 10.0. The van der Waals surface area contributed by atoms with Crippen LogP contribution in [-0.2, 0) is 20.2 Å². The van der Waals surface area contributed by atoms with Crippen LogP contribution in [0.5, 0.6) is 11.5 Å². The molecule has 0 aliphatic rings. The van der Waals surface area contributed by atoms with Crippen molar-refractivity contribution >= 4 is 65.6 Å². The third-order valence-electron chi connectivity index (χ3n) is 4.86. The van der Waals surface area contributed by atoms with Crippen LogP contribution < -0.4 is 4.74 Å². The van der Waals surface area contributed by atoms with Gasteiger partial charge in [0.1, 0.15) is 16.3 Å². The Labute approximate surface area is 218 Å². The number of aromatic nitrogens is 3. The van der Waals surface area contributed by atoms with Gasteiger partial charge < -0.3 is 9.84 Å². The van der Waals surface area contributed by atoms with Gasteiger partial charge in [-0.2, -0.15) is 36.9 Å². The van der Waals surface area contributed by atoms with Crippen LogP contribution in [0.15, 0.2) is 62.5 Å². The van der Waals surface area contributed by atoms with Gasteiger partial charge >= 0.3 is 0 Å². The van der Waals surface area contributed by atoms with E-state index in [1.807, 2.05) is 0 Å². The molecule has 192 valence electrons. The molecule has 4 rings (SSSR count). The first-order valence-electron chi connectivity index (χ1n) is 9.70. The summed E-state index contributed by atoms with van der Waals surface area (Å²) in [4.78, 5) is 9.72. The Hall–Kier alpha value is -3.47. The number of rotatable bonds is 6. The Balaban J connectivity index is 2.09. The van der Waals surface area contributed by atoms with E-state index in [4.69, 9.17) is 27.9 Å². The zero-order chi connectivity index (χ0) is 27.1. The lowest BCUT2D eigenvalue weighted by Crippen LogP contribution is -2.03. The first-order chi connectivity index (χ1) is 17.3. The van der Waals surface area contributed by atoms with E-state index in [0.717, 1.165) is 18.2 Å². The average Bonchev–Trinajstić information content (AvgIpc) is 2.81. The summed E-state index contributed by atoms with van der Waals surface area (Å²) in [6.07, 6.45) is 0. The number of halogens is 2. The van der Waals surface area contributed by atoms with Crippen molar-refractivity contribution in [1.29, 1.82) is 0 Å². The molecule has 0 atom stereocenters. The second kappa shape index (κ2) is 9.77. The van der Waals surface area contributed by atoms with Crippen molar-refractivity contribution in [3.8, 4) is 22.9 Å². The van der Waals surface area contributed by atoms with Gasteiger partial charge in [-0.3, -0.25) is 9.11 Å². The van der Waals surface area contributed by atoms with E-state index < -0.39 is 41.5 Å². The van der Waals surface area contributed by atoms with E-state index in [1.54, 1.807) is 12.1 Å². The van der Waals surface area contributed by atoms with Gasteiger partial charge in [0.05, 0.1) is 17.7 Å². The molecule has 0 bridgehead atoms.